The van der Waals surface area contributed by atoms with E-state index in [2.05, 4.69) is 54.4 Å². The van der Waals surface area contributed by atoms with Crippen molar-refractivity contribution in [3.8, 4) is 5.69 Å². The smallest absolute Gasteiger partial charge is 0.168 e. The minimum atomic E-state index is -0.388. The van der Waals surface area contributed by atoms with Crippen LogP contribution in [0.2, 0.25) is 5.02 Å². The van der Waals surface area contributed by atoms with Gasteiger partial charge in [-0.25, -0.2) is 19.0 Å². The molecule has 0 radical (unpaired) electrons. The molecule has 2 saturated heterocycles. The number of nitrogens with zero attached hydrogens (tertiary/aromatic N) is 6. The fourth-order valence-corrected chi connectivity index (χ4v) is 5.47. The molecule has 0 spiro atoms. The van der Waals surface area contributed by atoms with E-state index in [-0.39, 0.29) is 10.8 Å². The third-order valence-corrected chi connectivity index (χ3v) is 7.44. The molecule has 9 heteroatoms. The lowest BCUT2D eigenvalue weighted by molar-refractivity contribution is 0.208. The molecule has 2 aromatic carbocycles. The highest BCUT2D eigenvalue weighted by Gasteiger charge is 2.26. The van der Waals surface area contributed by atoms with Gasteiger partial charge in [-0.2, -0.15) is 5.10 Å². The van der Waals surface area contributed by atoms with Gasteiger partial charge in [0.2, 0.25) is 0 Å². The fraction of sp³-hybridized carbons (Fsp3) is 0.346. The van der Waals surface area contributed by atoms with E-state index >= 15 is 0 Å². The summed E-state index contributed by atoms with van der Waals surface area (Å²) in [5, 5.41) is 8.77. The molecule has 0 saturated carbocycles. The molecule has 2 aromatic heterocycles. The van der Waals surface area contributed by atoms with Crippen molar-refractivity contribution in [1.82, 2.24) is 24.6 Å². The number of fused-ring (bicyclic) bond motifs is 1. The second-order valence-corrected chi connectivity index (χ2v) is 9.65. The number of anilines is 3. The van der Waals surface area contributed by atoms with Gasteiger partial charge in [0.15, 0.2) is 5.65 Å². The van der Waals surface area contributed by atoms with Crippen LogP contribution in [0.15, 0.2) is 55.0 Å². The summed E-state index contributed by atoms with van der Waals surface area (Å²) in [4.78, 5) is 14.0. The Bertz CT molecular complexity index is 1330. The van der Waals surface area contributed by atoms with Crippen LogP contribution in [0.4, 0.5) is 21.6 Å². The monoisotopic (exact) mass is 491 g/mol. The Kier molecular flexibility index (Phi) is 6.00. The zero-order chi connectivity index (χ0) is 23.8. The summed E-state index contributed by atoms with van der Waals surface area (Å²) < 4.78 is 15.2. The number of rotatable bonds is 5. The van der Waals surface area contributed by atoms with Crippen LogP contribution in [0.1, 0.15) is 25.7 Å². The summed E-state index contributed by atoms with van der Waals surface area (Å²) >= 11 is 6.18. The average Bonchev–Trinajstić information content (AvgIpc) is 3.57. The van der Waals surface area contributed by atoms with Crippen LogP contribution in [0.5, 0.6) is 0 Å². The highest BCUT2D eigenvalue weighted by molar-refractivity contribution is 6.33. The zero-order valence-electron chi connectivity index (χ0n) is 19.4. The number of likely N-dealkylation sites (tertiary alicyclic amines) is 1. The molecule has 2 aliphatic heterocycles. The molecule has 1 N–H and O–H groups in total. The maximum atomic E-state index is 13.4. The molecule has 7 nitrogen and oxygen atoms in total. The van der Waals surface area contributed by atoms with Crippen LogP contribution in [-0.2, 0) is 0 Å². The van der Waals surface area contributed by atoms with Gasteiger partial charge in [-0.3, -0.25) is 0 Å². The van der Waals surface area contributed by atoms with Gasteiger partial charge in [0.1, 0.15) is 18.0 Å². The first-order valence-electron chi connectivity index (χ1n) is 12.2. The Balaban J connectivity index is 1.19. The standard InChI is InChI=1S/C26H27ClFN7/c27-23-15-18(28)3-8-24(23)32-25-22-16-31-35(26(22)30-17-29-25)21-6-4-19(5-7-21)34-13-9-20(10-14-34)33-11-1-2-12-33/h3-8,15-17,20H,1-2,9-14H2,(H,29,30,32). The van der Waals surface area contributed by atoms with Crippen molar-refractivity contribution >= 4 is 39.8 Å². The summed E-state index contributed by atoms with van der Waals surface area (Å²) in [6.45, 7) is 4.74. The molecule has 2 fully saturated rings. The van der Waals surface area contributed by atoms with Crippen LogP contribution in [0.3, 0.4) is 0 Å². The number of hydrogen-bond acceptors (Lipinski definition) is 6. The van der Waals surface area contributed by atoms with Crippen molar-refractivity contribution in [2.45, 2.75) is 31.7 Å². The quantitative estimate of drug-likeness (QED) is 0.402. The van der Waals surface area contributed by atoms with Gasteiger partial charge in [0.25, 0.3) is 0 Å². The SMILES string of the molecule is Fc1ccc(Nc2ncnc3c2cnn3-c2ccc(N3CCC(N4CCCC4)CC3)cc2)c(Cl)c1. The van der Waals surface area contributed by atoms with Crippen molar-refractivity contribution in [3.63, 3.8) is 0 Å². The van der Waals surface area contributed by atoms with Gasteiger partial charge in [-0.15, -0.1) is 0 Å². The molecule has 2 aliphatic rings. The normalized spacial score (nSPS) is 17.4. The minimum absolute atomic E-state index is 0.282. The lowest BCUT2D eigenvalue weighted by Gasteiger charge is -2.37. The molecule has 0 bridgehead atoms. The van der Waals surface area contributed by atoms with E-state index in [0.717, 1.165) is 30.2 Å². The topological polar surface area (TPSA) is 62.1 Å². The van der Waals surface area contributed by atoms with E-state index in [0.29, 0.717) is 17.2 Å². The molecule has 4 aromatic rings. The number of halogens is 2. The molecule has 180 valence electrons. The van der Waals surface area contributed by atoms with Crippen molar-refractivity contribution in [1.29, 1.82) is 0 Å². The maximum Gasteiger partial charge on any atom is 0.168 e. The van der Waals surface area contributed by atoms with E-state index in [1.807, 2.05) is 0 Å². The zero-order valence-corrected chi connectivity index (χ0v) is 20.1. The van der Waals surface area contributed by atoms with Gasteiger partial charge in [-0.1, -0.05) is 11.6 Å². The fourth-order valence-electron chi connectivity index (χ4n) is 5.25. The Morgan fingerprint density at radius 2 is 1.66 bits per heavy atom. The highest BCUT2D eigenvalue weighted by Crippen LogP contribution is 2.30. The van der Waals surface area contributed by atoms with Gasteiger partial charge in [0, 0.05) is 24.8 Å². The Hall–Kier alpha value is -3.23. The second-order valence-electron chi connectivity index (χ2n) is 9.24. The van der Waals surface area contributed by atoms with Crippen LogP contribution in [-0.4, -0.2) is 56.9 Å². The lowest BCUT2D eigenvalue weighted by Crippen LogP contribution is -2.43. The summed E-state index contributed by atoms with van der Waals surface area (Å²) in [7, 11) is 0. The van der Waals surface area contributed by atoms with Gasteiger partial charge < -0.3 is 15.1 Å². The van der Waals surface area contributed by atoms with Gasteiger partial charge >= 0.3 is 0 Å². The molecule has 0 amide bonds. The second kappa shape index (κ2) is 9.43. The average molecular weight is 492 g/mol. The van der Waals surface area contributed by atoms with Gasteiger partial charge in [-0.05, 0) is 81.2 Å². The summed E-state index contributed by atoms with van der Waals surface area (Å²) in [5.74, 6) is 0.174. The third kappa shape index (κ3) is 4.44. The number of nitrogens with one attached hydrogen (secondary N) is 1. The summed E-state index contributed by atoms with van der Waals surface area (Å²) in [5.41, 5.74) is 3.42. The highest BCUT2D eigenvalue weighted by atomic mass is 35.5. The van der Waals surface area contributed by atoms with E-state index in [1.165, 1.54) is 62.9 Å². The Morgan fingerprint density at radius 3 is 2.40 bits per heavy atom. The van der Waals surface area contributed by atoms with E-state index in [9.17, 15) is 4.39 Å². The number of hydrogen-bond donors (Lipinski definition) is 1. The number of aromatic nitrogens is 4. The molecule has 0 atom stereocenters. The van der Waals surface area contributed by atoms with E-state index in [1.54, 1.807) is 16.9 Å². The van der Waals surface area contributed by atoms with Crippen molar-refractivity contribution in [2.24, 2.45) is 0 Å². The first kappa shape index (κ1) is 22.2. The molecular weight excluding hydrogens is 465 g/mol. The van der Waals surface area contributed by atoms with E-state index < -0.39 is 0 Å². The van der Waals surface area contributed by atoms with Gasteiger partial charge in [0.05, 0.1) is 28.0 Å². The van der Waals surface area contributed by atoms with Crippen LogP contribution < -0.4 is 10.2 Å². The Morgan fingerprint density at radius 1 is 0.914 bits per heavy atom. The van der Waals surface area contributed by atoms with Crippen molar-refractivity contribution < 1.29 is 4.39 Å². The lowest BCUT2D eigenvalue weighted by atomic mass is 10.0. The van der Waals surface area contributed by atoms with Crippen molar-refractivity contribution in [3.05, 3.63) is 65.8 Å². The largest absolute Gasteiger partial charge is 0.371 e. The minimum Gasteiger partial charge on any atom is -0.371 e. The molecule has 0 unspecified atom stereocenters. The van der Waals surface area contributed by atoms with Crippen LogP contribution in [0, 0.1) is 5.82 Å². The third-order valence-electron chi connectivity index (χ3n) is 7.13. The van der Waals surface area contributed by atoms with Crippen LogP contribution in [0.25, 0.3) is 16.7 Å². The van der Waals surface area contributed by atoms with Crippen LogP contribution >= 0.6 is 11.6 Å². The summed E-state index contributed by atoms with van der Waals surface area (Å²) in [6, 6.07) is 13.4. The van der Waals surface area contributed by atoms with E-state index in [4.69, 9.17) is 11.6 Å². The first-order chi connectivity index (χ1) is 17.2. The molecule has 6 rings (SSSR count). The first-order valence-corrected chi connectivity index (χ1v) is 12.5. The summed E-state index contributed by atoms with van der Waals surface area (Å²) in [6.07, 6.45) is 8.39. The maximum absolute atomic E-state index is 13.4. The Labute approximate surface area is 208 Å². The predicted molar refractivity (Wildman–Crippen MR) is 137 cm³/mol. The molecule has 4 heterocycles. The van der Waals surface area contributed by atoms with Crippen molar-refractivity contribution in [2.75, 3.05) is 36.4 Å². The molecular formula is C26H27ClFN7. The predicted octanol–water partition coefficient (Wildman–Crippen LogP) is 5.42. The number of piperidine rings is 1. The molecule has 0 aliphatic carbocycles. The molecule has 35 heavy (non-hydrogen) atoms. The number of benzene rings is 2.